The number of hydrogen-bond donors (Lipinski definition) is 0. The minimum Gasteiger partial charge on any atom is -1.00 e. The maximum absolute atomic E-state index is 2.91. The first kappa shape index (κ1) is 30.0. The molecule has 3 heteroatoms. The zero-order valence-corrected chi connectivity index (χ0v) is 30.2. The van der Waals surface area contributed by atoms with Gasteiger partial charge in [0.25, 0.3) is 0 Å². The Labute approximate surface area is 274 Å². The summed E-state index contributed by atoms with van der Waals surface area (Å²) in [5.74, 6) is 1.63. The van der Waals surface area contributed by atoms with Crippen molar-refractivity contribution in [1.82, 2.24) is 0 Å². The molecule has 0 nitrogen and oxygen atoms in total. The van der Waals surface area contributed by atoms with E-state index in [1.807, 2.05) is 11.1 Å². The Kier molecular flexibility index (Phi) is 8.32. The number of hydrogen-bond acceptors (Lipinski definition) is 0. The molecule has 4 aromatic rings. The molecule has 220 valence electrons. The zero-order valence-electron chi connectivity index (χ0n) is 25.1. The fraction of sp³-hybridized carbons (Fsp3) is 0.400. The van der Waals surface area contributed by atoms with Crippen molar-refractivity contribution >= 4 is 33.7 Å². The molecule has 9 rings (SSSR count). The van der Waals surface area contributed by atoms with E-state index in [4.69, 9.17) is 0 Å². The summed E-state index contributed by atoms with van der Waals surface area (Å²) in [7, 11) is 0. The van der Waals surface area contributed by atoms with Gasteiger partial charge in [0.05, 0.1) is 0 Å². The van der Waals surface area contributed by atoms with Crippen molar-refractivity contribution < 1.29 is 44.8 Å². The van der Waals surface area contributed by atoms with E-state index in [-0.39, 0.29) is 24.8 Å². The summed E-state index contributed by atoms with van der Waals surface area (Å²) in [6.45, 7) is 0. The molecule has 2 unspecified atom stereocenters. The second kappa shape index (κ2) is 11.9. The predicted octanol–water partition coefficient (Wildman–Crippen LogP) is 5.74. The van der Waals surface area contributed by atoms with E-state index in [1.54, 1.807) is 30.6 Å². The van der Waals surface area contributed by atoms with Crippen molar-refractivity contribution in [3.8, 4) is 0 Å². The molecule has 43 heavy (non-hydrogen) atoms. The molecule has 2 saturated carbocycles. The Bertz CT molecular complexity index is 1610. The van der Waals surface area contributed by atoms with Crippen LogP contribution in [0.15, 0.2) is 83.9 Å². The van der Waals surface area contributed by atoms with Crippen LogP contribution in [-0.2, 0) is 20.0 Å². The van der Waals surface area contributed by atoms with Gasteiger partial charge < -0.3 is 24.8 Å². The summed E-state index contributed by atoms with van der Waals surface area (Å²) in [6.07, 6.45) is 19.9. The van der Waals surface area contributed by atoms with Crippen LogP contribution in [0.2, 0.25) is 8.35 Å². The molecule has 0 bridgehead atoms. The number of allylic oxidation sites excluding steroid dienone is 2. The Morgan fingerprint density at radius 3 is 1.30 bits per heavy atom. The fourth-order valence-corrected chi connectivity index (χ4v) is 38.3. The first-order valence-electron chi connectivity index (χ1n) is 16.8. The molecule has 4 aliphatic carbocycles. The average molecular weight is 772 g/mol. The third kappa shape index (κ3) is 4.78. The van der Waals surface area contributed by atoms with Gasteiger partial charge in [-0.3, -0.25) is 0 Å². The van der Waals surface area contributed by atoms with Crippen molar-refractivity contribution in [1.29, 1.82) is 0 Å². The molecule has 4 aromatic carbocycles. The van der Waals surface area contributed by atoms with Crippen LogP contribution < -0.4 is 24.8 Å². The van der Waals surface area contributed by atoms with Gasteiger partial charge in [-0.05, 0) is 0 Å². The van der Waals surface area contributed by atoms with Gasteiger partial charge in [-0.15, -0.1) is 0 Å². The molecule has 1 aliphatic heterocycles. The molecule has 5 aliphatic rings. The maximum Gasteiger partial charge on any atom is -1.00 e. The molecule has 0 N–H and O–H groups in total. The second-order valence-corrected chi connectivity index (χ2v) is 30.7. The van der Waals surface area contributed by atoms with E-state index < -0.39 is 20.0 Å². The molecule has 1 saturated heterocycles. The van der Waals surface area contributed by atoms with Crippen LogP contribution in [0.4, 0.5) is 0 Å². The summed E-state index contributed by atoms with van der Waals surface area (Å²) in [5, 5.41) is 5.86. The van der Waals surface area contributed by atoms with Gasteiger partial charge in [0.2, 0.25) is 0 Å². The molecule has 0 aromatic heterocycles. The molecule has 2 atom stereocenters. The zero-order chi connectivity index (χ0) is 27.0. The molecule has 1 heterocycles. The monoisotopic (exact) mass is 772 g/mol. The van der Waals surface area contributed by atoms with E-state index in [1.165, 1.54) is 85.8 Å². The average Bonchev–Trinajstić information content (AvgIpc) is 3.56. The van der Waals surface area contributed by atoms with Crippen LogP contribution in [0.3, 0.4) is 0 Å². The van der Waals surface area contributed by atoms with E-state index in [0.29, 0.717) is 0 Å². The van der Waals surface area contributed by atoms with Gasteiger partial charge in [0, 0.05) is 0 Å². The Morgan fingerprint density at radius 2 is 0.884 bits per heavy atom. The van der Waals surface area contributed by atoms with Crippen molar-refractivity contribution in [3.63, 3.8) is 0 Å². The smallest absolute Gasteiger partial charge is 1.00 e. The van der Waals surface area contributed by atoms with Gasteiger partial charge in [0.1, 0.15) is 0 Å². The van der Waals surface area contributed by atoms with Gasteiger partial charge in [-0.2, -0.15) is 0 Å². The summed E-state index contributed by atoms with van der Waals surface area (Å²) >= 11 is -2.91. The second-order valence-electron chi connectivity index (χ2n) is 14.1. The first-order valence-corrected chi connectivity index (χ1v) is 26.0. The molecule has 3 fully saturated rings. The van der Waals surface area contributed by atoms with Crippen LogP contribution in [-0.4, -0.2) is 0 Å². The summed E-state index contributed by atoms with van der Waals surface area (Å²) in [5.41, 5.74) is 10.5. The van der Waals surface area contributed by atoms with Gasteiger partial charge in [-0.25, -0.2) is 0 Å². The third-order valence-electron chi connectivity index (χ3n) is 12.0. The number of benzene rings is 4. The van der Waals surface area contributed by atoms with E-state index >= 15 is 0 Å². The van der Waals surface area contributed by atoms with E-state index in [0.717, 1.165) is 19.2 Å². The van der Waals surface area contributed by atoms with Gasteiger partial charge >= 0.3 is 252 Å². The fourth-order valence-electron chi connectivity index (χ4n) is 10.1. The topological polar surface area (TPSA) is 0 Å². The Hall–Kier alpha value is -1.67. The summed E-state index contributed by atoms with van der Waals surface area (Å²) in [4.78, 5) is 0. The van der Waals surface area contributed by atoms with Crippen molar-refractivity contribution in [2.45, 2.75) is 79.9 Å². The standard InChI is InChI=1S/2C19H19.C2H4.2ClH.Hf/c2*1-2-6-14(7-3-1)17-12-16-11-10-15-8-4-5-9-18(15)19(16)13-17;1-2;;;/h2*4-5,8-14H,1-3,6-7H2;1-2H2;2*1H;/q;;;;;+2/p-2. The SMILES string of the molecule is C1=C(C2CCCCC2)[CH]([Hf+2]2([CH]3C(C4CCCCC4)=Cc4c3ccc3ccccc43)[CH2][CH2]2)c2ccc3ccccc3c21.[Cl-].[Cl-]. The number of fused-ring (bicyclic) bond motifs is 6. The van der Waals surface area contributed by atoms with Crippen LogP contribution in [0.25, 0.3) is 33.7 Å². The minimum atomic E-state index is -2.91. The van der Waals surface area contributed by atoms with Gasteiger partial charge in [-0.1, -0.05) is 0 Å². The predicted molar refractivity (Wildman–Crippen MR) is 172 cm³/mol. The first-order chi connectivity index (χ1) is 20.3. The third-order valence-corrected chi connectivity index (χ3v) is 30.9. The van der Waals surface area contributed by atoms with Crippen LogP contribution in [0, 0.1) is 11.8 Å². The quantitative estimate of drug-likeness (QED) is 0.233. The van der Waals surface area contributed by atoms with Crippen LogP contribution in [0.5, 0.6) is 0 Å². The molecular formula is C40H42Cl2Hf. The minimum absolute atomic E-state index is 0. The summed E-state index contributed by atoms with van der Waals surface area (Å²) in [6, 6.07) is 28.6. The molecule has 0 amide bonds. The Balaban J connectivity index is 0.00000150. The number of rotatable bonds is 4. The number of halogens is 2. The maximum atomic E-state index is 2.78. The van der Waals surface area contributed by atoms with E-state index in [2.05, 4.69) is 84.9 Å². The van der Waals surface area contributed by atoms with Gasteiger partial charge in [0.15, 0.2) is 0 Å². The van der Waals surface area contributed by atoms with E-state index in [9.17, 15) is 0 Å². The Morgan fingerprint density at radius 1 is 0.465 bits per heavy atom. The van der Waals surface area contributed by atoms with Crippen molar-refractivity contribution in [2.24, 2.45) is 11.8 Å². The van der Waals surface area contributed by atoms with Crippen LogP contribution in [0.1, 0.15) is 93.8 Å². The normalized spacial score (nSPS) is 23.7. The summed E-state index contributed by atoms with van der Waals surface area (Å²) < 4.78 is 4.77. The van der Waals surface area contributed by atoms with Crippen LogP contribution >= 0.6 is 0 Å². The molecule has 0 radical (unpaired) electrons. The molecular weight excluding hydrogens is 730 g/mol. The van der Waals surface area contributed by atoms with Crippen molar-refractivity contribution in [3.05, 3.63) is 106 Å². The molecule has 0 spiro atoms. The van der Waals surface area contributed by atoms with Crippen molar-refractivity contribution in [2.75, 3.05) is 0 Å². The largest absolute Gasteiger partial charge is 1.00 e.